The maximum absolute atomic E-state index is 12.0. The van der Waals surface area contributed by atoms with E-state index in [1.165, 1.54) is 0 Å². The van der Waals surface area contributed by atoms with E-state index < -0.39 is 12.1 Å². The zero-order valence-electron chi connectivity index (χ0n) is 10.6. The Morgan fingerprint density at radius 3 is 1.65 bits per heavy atom. The molecule has 8 heteroatoms. The summed E-state index contributed by atoms with van der Waals surface area (Å²) in [7, 11) is 0. The molecule has 20 heavy (non-hydrogen) atoms. The number of aromatic amines is 2. The van der Waals surface area contributed by atoms with Crippen LogP contribution in [0.1, 0.15) is 11.4 Å². The number of piperazine rings is 1. The molecule has 2 amide bonds. The number of H-pyrrole nitrogens is 2. The summed E-state index contributed by atoms with van der Waals surface area (Å²) in [5.41, 5.74) is 1.61. The molecule has 0 bridgehead atoms. The summed E-state index contributed by atoms with van der Waals surface area (Å²) in [6.07, 6.45) is 7.15. The van der Waals surface area contributed by atoms with Crippen molar-refractivity contribution in [2.45, 2.75) is 24.9 Å². The molecule has 3 rings (SSSR count). The standard InChI is InChI=1S/C12H14N6O2/c19-11-9(1-7-3-13-5-15-7)17-12(20)10(18-11)2-8-4-14-6-16-8/h3-6,9-10H,1-2H2,(H,13,15)(H,14,16)(H,17,20)(H,18,19)/t9-,10?/m0/s1. The molecule has 0 aromatic carbocycles. The summed E-state index contributed by atoms with van der Waals surface area (Å²) in [4.78, 5) is 37.6. The summed E-state index contributed by atoms with van der Waals surface area (Å²) in [6, 6.07) is -1.14. The summed E-state index contributed by atoms with van der Waals surface area (Å²) in [6.45, 7) is 0. The molecular weight excluding hydrogens is 260 g/mol. The van der Waals surface area contributed by atoms with Crippen molar-refractivity contribution in [3.05, 3.63) is 36.4 Å². The van der Waals surface area contributed by atoms with E-state index in [-0.39, 0.29) is 11.8 Å². The second-order valence-corrected chi connectivity index (χ2v) is 4.68. The molecule has 0 radical (unpaired) electrons. The molecular formula is C12H14N6O2. The van der Waals surface area contributed by atoms with Crippen LogP contribution in [0.25, 0.3) is 0 Å². The minimum Gasteiger partial charge on any atom is -0.348 e. The predicted octanol–water partition coefficient (Wildman–Crippen LogP) is -1.10. The molecule has 8 nitrogen and oxygen atoms in total. The van der Waals surface area contributed by atoms with Gasteiger partial charge in [-0.25, -0.2) is 9.97 Å². The minimum absolute atomic E-state index is 0.191. The van der Waals surface area contributed by atoms with E-state index in [0.29, 0.717) is 12.8 Å². The lowest BCUT2D eigenvalue weighted by Crippen LogP contribution is -2.62. The Morgan fingerprint density at radius 1 is 0.850 bits per heavy atom. The minimum atomic E-state index is -0.569. The average Bonchev–Trinajstić information content (AvgIpc) is 3.08. The van der Waals surface area contributed by atoms with Gasteiger partial charge >= 0.3 is 0 Å². The first-order valence-electron chi connectivity index (χ1n) is 6.27. The third kappa shape index (κ3) is 2.53. The smallest absolute Gasteiger partial charge is 0.243 e. The number of amides is 2. The zero-order chi connectivity index (χ0) is 13.9. The Bertz CT molecular complexity index is 537. The van der Waals surface area contributed by atoms with Gasteiger partial charge in [-0.05, 0) is 0 Å². The van der Waals surface area contributed by atoms with E-state index in [4.69, 9.17) is 0 Å². The molecule has 2 aromatic rings. The van der Waals surface area contributed by atoms with Crippen LogP contribution < -0.4 is 10.6 Å². The zero-order valence-corrected chi connectivity index (χ0v) is 10.6. The first-order valence-corrected chi connectivity index (χ1v) is 6.27. The molecule has 1 fully saturated rings. The number of carbonyl (C=O) groups is 2. The Balaban J connectivity index is 1.64. The first-order chi connectivity index (χ1) is 9.72. The topological polar surface area (TPSA) is 116 Å². The Morgan fingerprint density at radius 2 is 1.30 bits per heavy atom. The molecule has 104 valence electrons. The van der Waals surface area contributed by atoms with E-state index in [0.717, 1.165) is 11.4 Å². The molecule has 2 aromatic heterocycles. The van der Waals surface area contributed by atoms with Crippen LogP contribution in [0.5, 0.6) is 0 Å². The summed E-state index contributed by atoms with van der Waals surface area (Å²) in [5.74, 6) is -0.382. The quantitative estimate of drug-likeness (QED) is 0.566. The summed E-state index contributed by atoms with van der Waals surface area (Å²) in [5, 5.41) is 5.47. The van der Waals surface area contributed by atoms with Gasteiger partial charge in [0.2, 0.25) is 11.8 Å². The molecule has 2 atom stereocenters. The van der Waals surface area contributed by atoms with Gasteiger partial charge in [-0.2, -0.15) is 0 Å². The number of hydrogen-bond acceptors (Lipinski definition) is 4. The van der Waals surface area contributed by atoms with E-state index >= 15 is 0 Å². The van der Waals surface area contributed by atoms with Gasteiger partial charge in [-0.15, -0.1) is 0 Å². The number of nitrogens with one attached hydrogen (secondary N) is 4. The maximum atomic E-state index is 12.0. The highest BCUT2D eigenvalue weighted by Gasteiger charge is 2.33. The average molecular weight is 274 g/mol. The number of aromatic nitrogens is 4. The highest BCUT2D eigenvalue weighted by atomic mass is 16.2. The van der Waals surface area contributed by atoms with Crippen molar-refractivity contribution < 1.29 is 9.59 Å². The third-order valence-corrected chi connectivity index (χ3v) is 3.22. The van der Waals surface area contributed by atoms with Crippen LogP contribution in [-0.2, 0) is 22.4 Å². The Labute approximate surface area is 114 Å². The summed E-state index contributed by atoms with van der Waals surface area (Å²) < 4.78 is 0. The van der Waals surface area contributed by atoms with Crippen molar-refractivity contribution in [3.63, 3.8) is 0 Å². The van der Waals surface area contributed by atoms with Crippen LogP contribution in [-0.4, -0.2) is 43.8 Å². The van der Waals surface area contributed by atoms with Crippen molar-refractivity contribution >= 4 is 11.8 Å². The van der Waals surface area contributed by atoms with Gasteiger partial charge in [-0.3, -0.25) is 9.59 Å². The van der Waals surface area contributed by atoms with Crippen molar-refractivity contribution in [2.75, 3.05) is 0 Å². The lowest BCUT2D eigenvalue weighted by molar-refractivity contribution is -0.136. The number of rotatable bonds is 4. The lowest BCUT2D eigenvalue weighted by Gasteiger charge is -2.29. The highest BCUT2D eigenvalue weighted by molar-refractivity contribution is 5.97. The number of nitrogens with zero attached hydrogens (tertiary/aromatic N) is 2. The molecule has 0 saturated carbocycles. The van der Waals surface area contributed by atoms with E-state index in [1.807, 2.05) is 0 Å². The normalized spacial score (nSPS) is 22.4. The molecule has 1 unspecified atom stereocenters. The number of carbonyl (C=O) groups excluding carboxylic acids is 2. The van der Waals surface area contributed by atoms with E-state index in [2.05, 4.69) is 30.6 Å². The second-order valence-electron chi connectivity index (χ2n) is 4.68. The van der Waals surface area contributed by atoms with Gasteiger partial charge in [0.25, 0.3) is 0 Å². The van der Waals surface area contributed by atoms with Crippen LogP contribution in [0.3, 0.4) is 0 Å². The van der Waals surface area contributed by atoms with Crippen molar-refractivity contribution in [1.82, 2.24) is 30.6 Å². The lowest BCUT2D eigenvalue weighted by atomic mass is 10.0. The fourth-order valence-corrected chi connectivity index (χ4v) is 2.20. The number of imidazole rings is 2. The molecule has 4 N–H and O–H groups in total. The van der Waals surface area contributed by atoms with Gasteiger partial charge in [0.05, 0.1) is 12.7 Å². The van der Waals surface area contributed by atoms with Gasteiger partial charge in [-0.1, -0.05) is 0 Å². The third-order valence-electron chi connectivity index (χ3n) is 3.22. The van der Waals surface area contributed by atoms with Crippen molar-refractivity contribution in [1.29, 1.82) is 0 Å². The van der Waals surface area contributed by atoms with Gasteiger partial charge in [0.1, 0.15) is 12.1 Å². The molecule has 1 aliphatic heterocycles. The Kier molecular flexibility index (Phi) is 3.20. The van der Waals surface area contributed by atoms with Crippen molar-refractivity contribution in [3.8, 4) is 0 Å². The molecule has 3 heterocycles. The first kappa shape index (κ1) is 12.4. The van der Waals surface area contributed by atoms with Gasteiger partial charge < -0.3 is 20.6 Å². The number of hydrogen-bond donors (Lipinski definition) is 4. The maximum Gasteiger partial charge on any atom is 0.243 e. The molecule has 1 aliphatic rings. The largest absolute Gasteiger partial charge is 0.348 e. The van der Waals surface area contributed by atoms with Gasteiger partial charge in [0.15, 0.2) is 0 Å². The monoisotopic (exact) mass is 274 g/mol. The predicted molar refractivity (Wildman–Crippen MR) is 68.4 cm³/mol. The van der Waals surface area contributed by atoms with Crippen molar-refractivity contribution in [2.24, 2.45) is 0 Å². The van der Waals surface area contributed by atoms with E-state index in [1.54, 1.807) is 25.0 Å². The van der Waals surface area contributed by atoms with Crippen LogP contribution in [0.15, 0.2) is 25.0 Å². The second kappa shape index (κ2) is 5.16. The van der Waals surface area contributed by atoms with Crippen LogP contribution in [0, 0.1) is 0 Å². The Hall–Kier alpha value is -2.64. The molecule has 0 aliphatic carbocycles. The SMILES string of the molecule is O=C1N[C@@H](Cc2cnc[nH]2)C(=O)NC1Cc1cnc[nH]1. The fraction of sp³-hybridized carbons (Fsp3) is 0.333. The van der Waals surface area contributed by atoms with Crippen LogP contribution in [0.4, 0.5) is 0 Å². The van der Waals surface area contributed by atoms with Crippen LogP contribution in [0.2, 0.25) is 0 Å². The van der Waals surface area contributed by atoms with Crippen LogP contribution >= 0.6 is 0 Å². The van der Waals surface area contributed by atoms with Gasteiger partial charge in [0, 0.05) is 36.6 Å². The highest BCUT2D eigenvalue weighted by Crippen LogP contribution is 2.07. The fourth-order valence-electron chi connectivity index (χ4n) is 2.20. The molecule has 0 spiro atoms. The molecule has 1 saturated heterocycles. The summed E-state index contributed by atoms with van der Waals surface area (Å²) >= 11 is 0. The van der Waals surface area contributed by atoms with E-state index in [9.17, 15) is 9.59 Å².